The van der Waals surface area contributed by atoms with E-state index >= 15 is 0 Å². The third kappa shape index (κ3) is 3.81. The summed E-state index contributed by atoms with van der Waals surface area (Å²) < 4.78 is 1.65. The molecule has 27 heavy (non-hydrogen) atoms. The molecular weight excluding hydrogens is 352 g/mol. The molecule has 148 valence electrons. The molecule has 2 aliphatic heterocycles. The van der Waals surface area contributed by atoms with Gasteiger partial charge in [0.25, 0.3) is 0 Å². The fraction of sp³-hybridized carbons (Fsp3) is 0.824. The molecule has 3 aliphatic rings. The van der Waals surface area contributed by atoms with Gasteiger partial charge in [-0.3, -0.25) is 14.5 Å². The first-order chi connectivity index (χ1) is 13.0. The number of piperidine rings is 1. The molecular formula is C17H26N6O4. The van der Waals surface area contributed by atoms with Crippen molar-refractivity contribution < 1.29 is 19.8 Å². The molecule has 0 amide bonds. The molecule has 0 aromatic carbocycles. The molecule has 1 aromatic heterocycles. The molecule has 10 nitrogen and oxygen atoms in total. The van der Waals surface area contributed by atoms with E-state index in [0.717, 1.165) is 32.4 Å². The van der Waals surface area contributed by atoms with Crippen LogP contribution in [0.25, 0.3) is 0 Å². The van der Waals surface area contributed by atoms with Crippen molar-refractivity contribution in [2.45, 2.75) is 50.2 Å². The Morgan fingerprint density at radius 2 is 1.96 bits per heavy atom. The van der Waals surface area contributed by atoms with Gasteiger partial charge in [0.05, 0.1) is 6.04 Å². The Morgan fingerprint density at radius 1 is 1.11 bits per heavy atom. The van der Waals surface area contributed by atoms with Crippen LogP contribution in [-0.4, -0.2) is 79.0 Å². The quantitative estimate of drug-likeness (QED) is 0.639. The normalized spacial score (nSPS) is 37.0. The van der Waals surface area contributed by atoms with Crippen LogP contribution in [0.2, 0.25) is 0 Å². The third-order valence-corrected chi connectivity index (χ3v) is 6.61. The van der Waals surface area contributed by atoms with Crippen LogP contribution in [0.5, 0.6) is 0 Å². The summed E-state index contributed by atoms with van der Waals surface area (Å²) >= 11 is 0. The van der Waals surface area contributed by atoms with E-state index in [1.165, 1.54) is 0 Å². The average Bonchev–Trinajstić information content (AvgIpc) is 3.30. The molecule has 6 atom stereocenters. The molecule has 4 rings (SSSR count). The Bertz CT molecular complexity index is 683. The van der Waals surface area contributed by atoms with Crippen molar-refractivity contribution in [2.24, 2.45) is 17.8 Å². The van der Waals surface area contributed by atoms with E-state index in [1.54, 1.807) is 11.0 Å². The standard InChI is InChI=1S/C17H26N6O4/c24-16(25)14-4-12-3-10(1-2-11(12)6-18-14)7-22-8-13(5-15(22)17(26)27)23-9-19-20-21-23/h9-15,18H,1-8H2,(H,24,25)(H,26,27)/t10?,11-,12?,13-,14?,15-/m0/s1. The maximum atomic E-state index is 11.7. The topological polar surface area (TPSA) is 133 Å². The van der Waals surface area contributed by atoms with E-state index in [4.69, 9.17) is 0 Å². The first-order valence-corrected chi connectivity index (χ1v) is 9.66. The molecule has 1 aromatic rings. The zero-order chi connectivity index (χ0) is 19.0. The monoisotopic (exact) mass is 378 g/mol. The molecule has 0 bridgehead atoms. The number of carboxylic acid groups (broad SMARTS) is 2. The van der Waals surface area contributed by atoms with Gasteiger partial charge in [-0.15, -0.1) is 5.10 Å². The number of nitrogens with one attached hydrogen (secondary N) is 1. The lowest BCUT2D eigenvalue weighted by atomic mass is 9.69. The number of tetrazole rings is 1. The van der Waals surface area contributed by atoms with Crippen molar-refractivity contribution in [2.75, 3.05) is 19.6 Å². The molecule has 0 spiro atoms. The second-order valence-electron chi connectivity index (χ2n) is 8.22. The summed E-state index contributed by atoms with van der Waals surface area (Å²) in [5.41, 5.74) is 0. The maximum Gasteiger partial charge on any atom is 0.321 e. The third-order valence-electron chi connectivity index (χ3n) is 6.61. The predicted molar refractivity (Wildman–Crippen MR) is 92.8 cm³/mol. The van der Waals surface area contributed by atoms with Gasteiger partial charge in [-0.1, -0.05) is 0 Å². The molecule has 3 unspecified atom stereocenters. The summed E-state index contributed by atoms with van der Waals surface area (Å²) in [6.07, 6.45) is 5.85. The van der Waals surface area contributed by atoms with Crippen LogP contribution in [0.1, 0.15) is 38.1 Å². The number of fused-ring (bicyclic) bond motifs is 1. The van der Waals surface area contributed by atoms with Crippen LogP contribution in [0.15, 0.2) is 6.33 Å². The van der Waals surface area contributed by atoms with E-state index in [0.29, 0.717) is 37.1 Å². The number of likely N-dealkylation sites (tertiary alicyclic amines) is 1. The highest BCUT2D eigenvalue weighted by molar-refractivity contribution is 5.74. The summed E-state index contributed by atoms with van der Waals surface area (Å²) in [4.78, 5) is 25.1. The van der Waals surface area contributed by atoms with Crippen LogP contribution in [-0.2, 0) is 9.59 Å². The van der Waals surface area contributed by atoms with Crippen molar-refractivity contribution in [1.29, 1.82) is 0 Å². The molecule has 1 saturated carbocycles. The van der Waals surface area contributed by atoms with Crippen LogP contribution < -0.4 is 5.32 Å². The van der Waals surface area contributed by atoms with Gasteiger partial charge in [0.15, 0.2) is 0 Å². The minimum atomic E-state index is -0.799. The summed E-state index contributed by atoms with van der Waals surface area (Å²) in [6, 6.07) is -0.989. The smallest absolute Gasteiger partial charge is 0.321 e. The summed E-state index contributed by atoms with van der Waals surface area (Å²) in [6.45, 7) is 2.15. The summed E-state index contributed by atoms with van der Waals surface area (Å²) in [5.74, 6) is -0.211. The van der Waals surface area contributed by atoms with Gasteiger partial charge in [0.1, 0.15) is 18.4 Å². The van der Waals surface area contributed by atoms with Gasteiger partial charge in [-0.2, -0.15) is 0 Å². The lowest BCUT2D eigenvalue weighted by Gasteiger charge is -2.42. The maximum absolute atomic E-state index is 11.7. The summed E-state index contributed by atoms with van der Waals surface area (Å²) in [5, 5.41) is 33.3. The Morgan fingerprint density at radius 3 is 2.67 bits per heavy atom. The van der Waals surface area contributed by atoms with E-state index < -0.39 is 24.0 Å². The number of rotatable bonds is 5. The van der Waals surface area contributed by atoms with Gasteiger partial charge >= 0.3 is 11.9 Å². The molecule has 3 fully saturated rings. The van der Waals surface area contributed by atoms with Gasteiger partial charge < -0.3 is 15.5 Å². The van der Waals surface area contributed by atoms with Crippen molar-refractivity contribution >= 4 is 11.9 Å². The minimum Gasteiger partial charge on any atom is -0.480 e. The molecule has 1 aliphatic carbocycles. The zero-order valence-electron chi connectivity index (χ0n) is 15.1. The first-order valence-electron chi connectivity index (χ1n) is 9.66. The molecule has 3 heterocycles. The Balaban J connectivity index is 1.39. The second-order valence-corrected chi connectivity index (χ2v) is 8.22. The van der Waals surface area contributed by atoms with E-state index in [9.17, 15) is 19.8 Å². The van der Waals surface area contributed by atoms with Gasteiger partial charge in [-0.25, -0.2) is 4.68 Å². The van der Waals surface area contributed by atoms with Gasteiger partial charge in [-0.05, 0) is 66.8 Å². The highest BCUT2D eigenvalue weighted by Gasteiger charge is 2.42. The van der Waals surface area contributed by atoms with Crippen molar-refractivity contribution in [1.82, 2.24) is 30.4 Å². The zero-order valence-corrected chi connectivity index (χ0v) is 15.1. The summed E-state index contributed by atoms with van der Waals surface area (Å²) in [7, 11) is 0. The highest BCUT2D eigenvalue weighted by atomic mass is 16.4. The molecule has 0 radical (unpaired) electrons. The number of carboxylic acids is 2. The first kappa shape index (κ1) is 18.3. The lowest BCUT2D eigenvalue weighted by molar-refractivity contribution is -0.143. The van der Waals surface area contributed by atoms with Crippen LogP contribution in [0.3, 0.4) is 0 Å². The van der Waals surface area contributed by atoms with E-state index in [-0.39, 0.29) is 6.04 Å². The Labute approximate surface area is 156 Å². The average molecular weight is 378 g/mol. The van der Waals surface area contributed by atoms with Crippen molar-refractivity contribution in [3.8, 4) is 0 Å². The number of hydrogen-bond acceptors (Lipinski definition) is 7. The fourth-order valence-electron chi connectivity index (χ4n) is 5.21. The largest absolute Gasteiger partial charge is 0.480 e. The predicted octanol–water partition coefficient (Wildman–Crippen LogP) is -0.148. The van der Waals surface area contributed by atoms with Crippen LogP contribution in [0.4, 0.5) is 0 Å². The second kappa shape index (κ2) is 7.51. The SMILES string of the molecule is O=C(O)C1CC2CC(CN3C[C@@H](n4cnnn4)C[C@H]3C(=O)O)CC[C@H]2CN1. The van der Waals surface area contributed by atoms with E-state index in [2.05, 4.69) is 25.7 Å². The number of aromatic nitrogens is 4. The Hall–Kier alpha value is -2.07. The van der Waals surface area contributed by atoms with Crippen LogP contribution >= 0.6 is 0 Å². The molecule has 10 heteroatoms. The number of aliphatic carboxylic acids is 2. The number of nitrogens with zero attached hydrogens (tertiary/aromatic N) is 5. The molecule has 2 saturated heterocycles. The lowest BCUT2D eigenvalue weighted by Crippen LogP contribution is -2.50. The van der Waals surface area contributed by atoms with Crippen LogP contribution in [0, 0.1) is 17.8 Å². The Kier molecular flexibility index (Phi) is 5.09. The fourth-order valence-corrected chi connectivity index (χ4v) is 5.21. The highest BCUT2D eigenvalue weighted by Crippen LogP contribution is 2.40. The number of hydrogen-bond donors (Lipinski definition) is 3. The van der Waals surface area contributed by atoms with E-state index in [1.807, 2.05) is 0 Å². The molecule has 3 N–H and O–H groups in total. The van der Waals surface area contributed by atoms with Crippen molar-refractivity contribution in [3.63, 3.8) is 0 Å². The number of carbonyl (C=O) groups is 2. The van der Waals surface area contributed by atoms with Crippen molar-refractivity contribution in [3.05, 3.63) is 6.33 Å². The van der Waals surface area contributed by atoms with Gasteiger partial charge in [0.2, 0.25) is 0 Å². The van der Waals surface area contributed by atoms with Gasteiger partial charge in [0, 0.05) is 13.1 Å². The minimum absolute atomic E-state index is 0.0206.